The number of benzene rings is 1. The van der Waals surface area contributed by atoms with Crippen molar-refractivity contribution < 1.29 is 14.3 Å². The first-order valence-corrected chi connectivity index (χ1v) is 6.45. The number of rotatable bonds is 4. The van der Waals surface area contributed by atoms with Crippen molar-refractivity contribution in [2.75, 3.05) is 5.73 Å². The summed E-state index contributed by atoms with van der Waals surface area (Å²) < 4.78 is 5.37. The summed E-state index contributed by atoms with van der Waals surface area (Å²) in [6, 6.07) is 6.93. The van der Waals surface area contributed by atoms with Gasteiger partial charge in [-0.15, -0.1) is 0 Å². The fourth-order valence-electron chi connectivity index (χ4n) is 2.13. The number of nitrogens with two attached hydrogens (primary N) is 2. The average molecular weight is 286 g/mol. The molecule has 5 N–H and O–H groups in total. The van der Waals surface area contributed by atoms with E-state index in [1.165, 1.54) is 0 Å². The maximum atomic E-state index is 12.2. The highest BCUT2D eigenvalue weighted by Gasteiger charge is 2.57. The quantitative estimate of drug-likeness (QED) is 0.436. The molecule has 0 atom stereocenters. The minimum atomic E-state index is -1.17. The second-order valence-electron chi connectivity index (χ2n) is 5.01. The first-order chi connectivity index (χ1) is 10.0. The third kappa shape index (κ3) is 2.22. The van der Waals surface area contributed by atoms with Crippen LogP contribution in [-0.2, 0) is 9.59 Å². The molecule has 0 radical (unpaired) electrons. The third-order valence-electron chi connectivity index (χ3n) is 3.59. The van der Waals surface area contributed by atoms with E-state index < -0.39 is 17.3 Å². The summed E-state index contributed by atoms with van der Waals surface area (Å²) in [5, 5.41) is 0. The third-order valence-corrected chi connectivity index (χ3v) is 3.59. The molecule has 3 rings (SSSR count). The number of nitrogen functional groups attached to an aromatic ring is 1. The second-order valence-corrected chi connectivity index (χ2v) is 5.01. The van der Waals surface area contributed by atoms with Gasteiger partial charge in [-0.2, -0.15) is 0 Å². The predicted molar refractivity (Wildman–Crippen MR) is 74.9 cm³/mol. The highest BCUT2D eigenvalue weighted by Crippen LogP contribution is 2.47. The first kappa shape index (κ1) is 13.2. The Morgan fingerprint density at radius 2 is 2.00 bits per heavy atom. The molecular formula is C14H14N4O3. The Hall–Kier alpha value is -2.83. The number of nitrogens with zero attached hydrogens (tertiary/aromatic N) is 1. The van der Waals surface area contributed by atoms with Gasteiger partial charge in [0.05, 0.1) is 11.9 Å². The molecule has 1 aliphatic carbocycles. The van der Waals surface area contributed by atoms with Gasteiger partial charge >= 0.3 is 5.97 Å². The molecule has 0 aliphatic heterocycles. The highest BCUT2D eigenvalue weighted by atomic mass is 16.5. The van der Waals surface area contributed by atoms with Crippen LogP contribution in [0.4, 0.5) is 5.95 Å². The van der Waals surface area contributed by atoms with Crippen molar-refractivity contribution in [3.63, 3.8) is 0 Å². The zero-order valence-electron chi connectivity index (χ0n) is 11.1. The van der Waals surface area contributed by atoms with Crippen LogP contribution in [-0.4, -0.2) is 21.8 Å². The molecule has 1 saturated carbocycles. The molecule has 1 aromatic heterocycles. The van der Waals surface area contributed by atoms with Gasteiger partial charge in [-0.3, -0.25) is 9.59 Å². The molecule has 0 saturated heterocycles. The number of H-pyrrole nitrogens is 1. The van der Waals surface area contributed by atoms with E-state index in [1.807, 2.05) is 0 Å². The van der Waals surface area contributed by atoms with Crippen molar-refractivity contribution in [3.05, 3.63) is 30.5 Å². The zero-order chi connectivity index (χ0) is 15.0. The summed E-state index contributed by atoms with van der Waals surface area (Å²) in [5.74, 6) is -0.661. The Morgan fingerprint density at radius 1 is 1.29 bits per heavy atom. The van der Waals surface area contributed by atoms with Crippen LogP contribution in [0.2, 0.25) is 0 Å². The number of carbonyl (C=O) groups is 2. The lowest BCUT2D eigenvalue weighted by molar-refractivity contribution is -0.145. The Kier molecular flexibility index (Phi) is 2.90. The molecule has 108 valence electrons. The Balaban J connectivity index is 1.90. The summed E-state index contributed by atoms with van der Waals surface area (Å²) >= 11 is 0. The number of primary amides is 1. The average Bonchev–Trinajstić information content (AvgIpc) is 3.17. The number of esters is 1. The Labute approximate surface area is 120 Å². The number of ether oxygens (including phenoxy) is 1. The molecule has 2 aromatic rings. The van der Waals surface area contributed by atoms with Gasteiger partial charge in [0.2, 0.25) is 5.91 Å². The first-order valence-electron chi connectivity index (χ1n) is 6.45. The van der Waals surface area contributed by atoms with E-state index in [4.69, 9.17) is 16.2 Å². The number of imidazole rings is 1. The number of amides is 1. The molecule has 1 amide bonds. The van der Waals surface area contributed by atoms with Crippen LogP contribution < -0.4 is 16.2 Å². The number of hydrogen-bond acceptors (Lipinski definition) is 5. The molecule has 1 aliphatic rings. The molecule has 1 fully saturated rings. The monoisotopic (exact) mass is 286 g/mol. The lowest BCUT2D eigenvalue weighted by Crippen LogP contribution is -2.35. The van der Waals surface area contributed by atoms with Crippen LogP contribution >= 0.6 is 0 Å². The standard InChI is InChI=1S/C14H14N4O3/c15-11(19)14(5-6-14)12(20)21-10-4-2-1-3-8(10)9-7-17-13(16)18-9/h1-4,7H,5-6H2,(H2,15,19)(H3,16,17,18). The van der Waals surface area contributed by atoms with E-state index in [1.54, 1.807) is 30.5 Å². The zero-order valence-corrected chi connectivity index (χ0v) is 11.1. The van der Waals surface area contributed by atoms with E-state index in [2.05, 4.69) is 9.97 Å². The SMILES string of the molecule is NC(=O)C1(C(=O)Oc2ccccc2-c2cnc(N)[nH]2)CC1. The highest BCUT2D eigenvalue weighted by molar-refractivity contribution is 6.05. The van der Waals surface area contributed by atoms with Crippen molar-refractivity contribution in [2.45, 2.75) is 12.8 Å². The molecule has 0 unspecified atom stereocenters. The topological polar surface area (TPSA) is 124 Å². The van der Waals surface area contributed by atoms with Gasteiger partial charge in [-0.1, -0.05) is 12.1 Å². The molecular weight excluding hydrogens is 272 g/mol. The number of aromatic nitrogens is 2. The summed E-state index contributed by atoms with van der Waals surface area (Å²) in [5.41, 5.74) is 10.9. The predicted octanol–water partition coefficient (Wildman–Crippen LogP) is 0.830. The van der Waals surface area contributed by atoms with Crippen molar-refractivity contribution >= 4 is 17.8 Å². The number of hydrogen-bond donors (Lipinski definition) is 3. The van der Waals surface area contributed by atoms with E-state index in [0.29, 0.717) is 29.8 Å². The smallest absolute Gasteiger partial charge is 0.327 e. The maximum Gasteiger partial charge on any atom is 0.327 e. The normalized spacial score (nSPS) is 15.4. The lowest BCUT2D eigenvalue weighted by atomic mass is 10.1. The maximum absolute atomic E-state index is 12.2. The van der Waals surface area contributed by atoms with E-state index >= 15 is 0 Å². The number of aromatic amines is 1. The Morgan fingerprint density at radius 3 is 2.57 bits per heavy atom. The van der Waals surface area contributed by atoms with Gasteiger partial charge in [0.1, 0.15) is 11.2 Å². The summed E-state index contributed by atoms with van der Waals surface area (Å²) in [6.07, 6.45) is 2.41. The number of carbonyl (C=O) groups excluding carboxylic acids is 2. The largest absolute Gasteiger partial charge is 0.425 e. The van der Waals surface area contributed by atoms with Crippen LogP contribution in [0.15, 0.2) is 30.5 Å². The van der Waals surface area contributed by atoms with Crippen LogP contribution in [0.25, 0.3) is 11.3 Å². The number of anilines is 1. The van der Waals surface area contributed by atoms with Gasteiger partial charge in [-0.05, 0) is 25.0 Å². The van der Waals surface area contributed by atoms with Crippen LogP contribution in [0.1, 0.15) is 12.8 Å². The lowest BCUT2D eigenvalue weighted by Gasteiger charge is -2.12. The fraction of sp³-hybridized carbons (Fsp3) is 0.214. The van der Waals surface area contributed by atoms with Gasteiger partial charge in [0.25, 0.3) is 0 Å². The molecule has 0 bridgehead atoms. The van der Waals surface area contributed by atoms with Crippen LogP contribution in [0, 0.1) is 5.41 Å². The van der Waals surface area contributed by atoms with Crippen molar-refractivity contribution in [1.29, 1.82) is 0 Å². The van der Waals surface area contributed by atoms with Crippen LogP contribution in [0.5, 0.6) is 5.75 Å². The van der Waals surface area contributed by atoms with Crippen molar-refractivity contribution in [3.8, 4) is 17.0 Å². The minimum absolute atomic E-state index is 0.266. The molecule has 7 heteroatoms. The van der Waals surface area contributed by atoms with Gasteiger partial charge in [0, 0.05) is 5.56 Å². The summed E-state index contributed by atoms with van der Waals surface area (Å²) in [6.45, 7) is 0. The van der Waals surface area contributed by atoms with E-state index in [9.17, 15) is 9.59 Å². The molecule has 1 heterocycles. The second kappa shape index (κ2) is 4.62. The minimum Gasteiger partial charge on any atom is -0.425 e. The number of para-hydroxylation sites is 1. The fourth-order valence-corrected chi connectivity index (χ4v) is 2.13. The van der Waals surface area contributed by atoms with Crippen molar-refractivity contribution in [2.24, 2.45) is 11.1 Å². The van der Waals surface area contributed by atoms with Crippen LogP contribution in [0.3, 0.4) is 0 Å². The molecule has 0 spiro atoms. The van der Waals surface area contributed by atoms with E-state index in [-0.39, 0.29) is 5.95 Å². The van der Waals surface area contributed by atoms with Gasteiger partial charge in [-0.25, -0.2) is 4.98 Å². The number of nitrogens with one attached hydrogen (secondary N) is 1. The summed E-state index contributed by atoms with van der Waals surface area (Å²) in [7, 11) is 0. The van der Waals surface area contributed by atoms with Gasteiger partial charge < -0.3 is 21.2 Å². The van der Waals surface area contributed by atoms with E-state index in [0.717, 1.165) is 0 Å². The molecule has 21 heavy (non-hydrogen) atoms. The molecule has 7 nitrogen and oxygen atoms in total. The van der Waals surface area contributed by atoms with Crippen molar-refractivity contribution in [1.82, 2.24) is 9.97 Å². The Bertz CT molecular complexity index is 719. The summed E-state index contributed by atoms with van der Waals surface area (Å²) in [4.78, 5) is 30.3. The van der Waals surface area contributed by atoms with Gasteiger partial charge in [0.15, 0.2) is 5.95 Å². The molecule has 1 aromatic carbocycles.